The minimum absolute atomic E-state index is 0.0112. The maximum absolute atomic E-state index is 12.3. The van der Waals surface area contributed by atoms with Crippen molar-refractivity contribution in [3.8, 4) is 0 Å². The lowest BCUT2D eigenvalue weighted by Crippen LogP contribution is -2.52. The van der Waals surface area contributed by atoms with Gasteiger partial charge in [-0.2, -0.15) is 0 Å². The van der Waals surface area contributed by atoms with Gasteiger partial charge in [-0.05, 0) is 19.1 Å². The highest BCUT2D eigenvalue weighted by molar-refractivity contribution is 6.30. The minimum atomic E-state index is -0.309. The molecule has 7 heteroatoms. The Hall–Kier alpha value is -1.37. The quantitative estimate of drug-likeness (QED) is 0.890. The molecule has 1 fully saturated rings. The summed E-state index contributed by atoms with van der Waals surface area (Å²) in [5.41, 5.74) is 0. The lowest BCUT2D eigenvalue weighted by molar-refractivity contribution is -0.145. The van der Waals surface area contributed by atoms with Crippen molar-refractivity contribution in [3.63, 3.8) is 0 Å². The normalized spacial score (nSPS) is 22.2. The number of aliphatic hydroxyl groups excluding tert-OH is 1. The van der Waals surface area contributed by atoms with Gasteiger partial charge in [0.25, 0.3) is 0 Å². The van der Waals surface area contributed by atoms with Gasteiger partial charge in [0, 0.05) is 26.3 Å². The molecule has 1 aliphatic heterocycles. The number of rotatable bonds is 4. The van der Waals surface area contributed by atoms with Crippen molar-refractivity contribution in [1.82, 2.24) is 9.88 Å². The summed E-state index contributed by atoms with van der Waals surface area (Å²) in [5, 5.41) is 9.76. The standard InChI is InChI=1S/C14H20ClN3O3/c1-10-6-18(7-12(9-19)21-10)14(20)8-17(2)13-4-3-11(15)5-16-13/h3-5,10,12,19H,6-9H2,1-2H3. The predicted octanol–water partition coefficient (Wildman–Crippen LogP) is 0.779. The lowest BCUT2D eigenvalue weighted by atomic mass is 10.2. The minimum Gasteiger partial charge on any atom is -0.394 e. The number of carbonyl (C=O) groups excluding carboxylic acids is 1. The number of nitrogens with zero attached hydrogens (tertiary/aromatic N) is 3. The maximum atomic E-state index is 12.3. The maximum Gasteiger partial charge on any atom is 0.242 e. The summed E-state index contributed by atoms with van der Waals surface area (Å²) in [6.07, 6.45) is 1.17. The van der Waals surface area contributed by atoms with Crippen molar-refractivity contribution < 1.29 is 14.6 Å². The number of halogens is 1. The first-order valence-electron chi connectivity index (χ1n) is 6.86. The Morgan fingerprint density at radius 3 is 2.95 bits per heavy atom. The van der Waals surface area contributed by atoms with Crippen molar-refractivity contribution in [2.75, 3.05) is 38.2 Å². The van der Waals surface area contributed by atoms with E-state index < -0.39 is 0 Å². The number of likely N-dealkylation sites (N-methyl/N-ethyl adjacent to an activating group) is 1. The third-order valence-electron chi connectivity index (χ3n) is 3.36. The molecule has 0 bridgehead atoms. The number of hydrogen-bond acceptors (Lipinski definition) is 5. The molecule has 1 aromatic rings. The SMILES string of the molecule is CC1CN(C(=O)CN(C)c2ccc(Cl)cn2)CC(CO)O1. The van der Waals surface area contributed by atoms with Crippen LogP contribution in [-0.2, 0) is 9.53 Å². The Morgan fingerprint density at radius 1 is 1.57 bits per heavy atom. The summed E-state index contributed by atoms with van der Waals surface area (Å²) in [5.74, 6) is 0.676. The van der Waals surface area contributed by atoms with Gasteiger partial charge in [0.1, 0.15) is 5.82 Å². The van der Waals surface area contributed by atoms with E-state index in [1.54, 1.807) is 28.1 Å². The highest BCUT2D eigenvalue weighted by Gasteiger charge is 2.28. The summed E-state index contributed by atoms with van der Waals surface area (Å²) in [4.78, 5) is 20.0. The number of hydrogen-bond donors (Lipinski definition) is 1. The van der Waals surface area contributed by atoms with Gasteiger partial charge in [0.2, 0.25) is 5.91 Å². The molecule has 2 heterocycles. The number of aromatic nitrogens is 1. The second-order valence-electron chi connectivity index (χ2n) is 5.24. The van der Waals surface area contributed by atoms with E-state index in [1.807, 2.05) is 14.0 Å². The van der Waals surface area contributed by atoms with Crippen LogP contribution in [0.5, 0.6) is 0 Å². The molecule has 116 valence electrons. The summed E-state index contributed by atoms with van der Waals surface area (Å²) < 4.78 is 5.53. The Labute approximate surface area is 129 Å². The molecule has 0 aliphatic carbocycles. The van der Waals surface area contributed by atoms with E-state index in [0.29, 0.717) is 23.9 Å². The molecule has 1 aliphatic rings. The van der Waals surface area contributed by atoms with E-state index in [0.717, 1.165) is 0 Å². The summed E-state index contributed by atoms with van der Waals surface area (Å²) >= 11 is 5.80. The fraction of sp³-hybridized carbons (Fsp3) is 0.571. The molecule has 0 saturated carbocycles. The number of carbonyl (C=O) groups is 1. The molecule has 0 spiro atoms. The summed E-state index contributed by atoms with van der Waals surface area (Å²) in [6.45, 7) is 2.99. The van der Waals surface area contributed by atoms with E-state index in [2.05, 4.69) is 4.98 Å². The zero-order valence-electron chi connectivity index (χ0n) is 12.2. The first kappa shape index (κ1) is 16.0. The van der Waals surface area contributed by atoms with Gasteiger partial charge < -0.3 is 19.6 Å². The molecule has 2 atom stereocenters. The largest absolute Gasteiger partial charge is 0.394 e. The fourth-order valence-electron chi connectivity index (χ4n) is 2.33. The molecule has 1 amide bonds. The monoisotopic (exact) mass is 313 g/mol. The van der Waals surface area contributed by atoms with Crippen LogP contribution < -0.4 is 4.90 Å². The van der Waals surface area contributed by atoms with Crippen LogP contribution in [0.3, 0.4) is 0 Å². The van der Waals surface area contributed by atoms with Crippen molar-refractivity contribution in [2.24, 2.45) is 0 Å². The van der Waals surface area contributed by atoms with Gasteiger partial charge in [0.15, 0.2) is 0 Å². The molecule has 1 aromatic heterocycles. The van der Waals surface area contributed by atoms with Gasteiger partial charge in [-0.3, -0.25) is 4.79 Å². The van der Waals surface area contributed by atoms with Crippen LogP contribution in [0.4, 0.5) is 5.82 Å². The molecule has 6 nitrogen and oxygen atoms in total. The second kappa shape index (κ2) is 7.06. The van der Waals surface area contributed by atoms with Crippen LogP contribution in [0.25, 0.3) is 0 Å². The van der Waals surface area contributed by atoms with Crippen LogP contribution in [0.1, 0.15) is 6.92 Å². The van der Waals surface area contributed by atoms with Crippen LogP contribution >= 0.6 is 11.6 Å². The molecule has 1 saturated heterocycles. The molecular weight excluding hydrogens is 294 g/mol. The number of aliphatic hydroxyl groups is 1. The van der Waals surface area contributed by atoms with E-state index in [1.165, 1.54) is 0 Å². The van der Waals surface area contributed by atoms with Gasteiger partial charge in [-0.15, -0.1) is 0 Å². The van der Waals surface area contributed by atoms with Gasteiger partial charge in [-0.1, -0.05) is 11.6 Å². The molecule has 0 radical (unpaired) electrons. The number of morpholine rings is 1. The van der Waals surface area contributed by atoms with Crippen molar-refractivity contribution in [1.29, 1.82) is 0 Å². The Bertz CT molecular complexity index is 483. The first-order chi connectivity index (χ1) is 9.99. The molecule has 0 aromatic carbocycles. The number of ether oxygens (including phenoxy) is 1. The van der Waals surface area contributed by atoms with E-state index in [-0.39, 0.29) is 31.3 Å². The highest BCUT2D eigenvalue weighted by atomic mass is 35.5. The van der Waals surface area contributed by atoms with E-state index >= 15 is 0 Å². The summed E-state index contributed by atoms with van der Waals surface area (Å²) in [7, 11) is 1.81. The van der Waals surface area contributed by atoms with Crippen LogP contribution in [0.2, 0.25) is 5.02 Å². The van der Waals surface area contributed by atoms with Crippen LogP contribution in [0, 0.1) is 0 Å². The van der Waals surface area contributed by atoms with Gasteiger partial charge in [0.05, 0.1) is 30.4 Å². The number of amides is 1. The predicted molar refractivity (Wildman–Crippen MR) is 80.5 cm³/mol. The third-order valence-corrected chi connectivity index (χ3v) is 3.58. The number of pyridine rings is 1. The van der Waals surface area contributed by atoms with Crippen molar-refractivity contribution in [2.45, 2.75) is 19.1 Å². The fourth-order valence-corrected chi connectivity index (χ4v) is 2.44. The lowest BCUT2D eigenvalue weighted by Gasteiger charge is -2.36. The number of anilines is 1. The molecule has 21 heavy (non-hydrogen) atoms. The Kier molecular flexibility index (Phi) is 5.39. The van der Waals surface area contributed by atoms with Crippen LogP contribution in [-0.4, -0.2) is 66.4 Å². The topological polar surface area (TPSA) is 65.9 Å². The van der Waals surface area contributed by atoms with Gasteiger partial charge in [-0.25, -0.2) is 4.98 Å². The van der Waals surface area contributed by atoms with E-state index in [4.69, 9.17) is 16.3 Å². The van der Waals surface area contributed by atoms with Crippen LogP contribution in [0.15, 0.2) is 18.3 Å². The second-order valence-corrected chi connectivity index (χ2v) is 5.68. The van der Waals surface area contributed by atoms with Crippen molar-refractivity contribution >= 4 is 23.3 Å². The molecular formula is C14H20ClN3O3. The average Bonchev–Trinajstić information content (AvgIpc) is 2.47. The Morgan fingerprint density at radius 2 is 2.33 bits per heavy atom. The van der Waals surface area contributed by atoms with Gasteiger partial charge >= 0.3 is 0 Å². The highest BCUT2D eigenvalue weighted by Crippen LogP contribution is 2.15. The smallest absolute Gasteiger partial charge is 0.242 e. The van der Waals surface area contributed by atoms with Crippen molar-refractivity contribution in [3.05, 3.63) is 23.4 Å². The summed E-state index contributed by atoms with van der Waals surface area (Å²) in [6, 6.07) is 3.51. The molecule has 2 unspecified atom stereocenters. The average molecular weight is 314 g/mol. The zero-order valence-corrected chi connectivity index (χ0v) is 13.0. The molecule has 1 N–H and O–H groups in total. The van der Waals surface area contributed by atoms with E-state index in [9.17, 15) is 9.90 Å². The molecule has 2 rings (SSSR count). The third kappa shape index (κ3) is 4.30. The first-order valence-corrected chi connectivity index (χ1v) is 7.24. The zero-order chi connectivity index (χ0) is 15.4. The Balaban J connectivity index is 1.95.